The highest BCUT2D eigenvalue weighted by molar-refractivity contribution is 6.00. The van der Waals surface area contributed by atoms with Gasteiger partial charge >= 0.3 is 6.03 Å². The fourth-order valence-corrected chi connectivity index (χ4v) is 0.704. The predicted molar refractivity (Wildman–Crippen MR) is 46.9 cm³/mol. The van der Waals surface area contributed by atoms with Crippen LogP contribution in [0.2, 0.25) is 0 Å². The topological polar surface area (TPSA) is 57.7 Å². The van der Waals surface area contributed by atoms with Crippen LogP contribution >= 0.6 is 0 Å². The molecule has 0 rings (SSSR count). The smallest absolute Gasteiger partial charge is 0.275 e. The van der Waals surface area contributed by atoms with E-state index in [-0.39, 0.29) is 18.2 Å². The lowest BCUT2D eigenvalue weighted by Crippen LogP contribution is -2.43. The Balaban J connectivity index is 4.42. The van der Waals surface area contributed by atoms with Crippen molar-refractivity contribution in [1.29, 1.82) is 0 Å². The third-order valence-corrected chi connectivity index (χ3v) is 1.72. The summed E-state index contributed by atoms with van der Waals surface area (Å²) in [6, 6.07) is -0.598. The highest BCUT2D eigenvalue weighted by atomic mass is 16.2. The van der Waals surface area contributed by atoms with Gasteiger partial charge in [0.15, 0.2) is 0 Å². The van der Waals surface area contributed by atoms with Gasteiger partial charge in [-0.15, -0.1) is 0 Å². The molecule has 0 aromatic carbocycles. The summed E-state index contributed by atoms with van der Waals surface area (Å²) in [5.74, 6) is -0.696. The molecular weight excluding hydrogens is 172 g/mol. The van der Waals surface area contributed by atoms with Crippen LogP contribution in [0.1, 0.15) is 20.3 Å². The molecule has 0 N–H and O–H groups in total. The van der Waals surface area contributed by atoms with Gasteiger partial charge < -0.3 is 0 Å². The van der Waals surface area contributed by atoms with E-state index in [0.717, 1.165) is 9.80 Å². The lowest BCUT2D eigenvalue weighted by atomic mass is 10.4. The summed E-state index contributed by atoms with van der Waals surface area (Å²) in [5, 5.41) is 0. The van der Waals surface area contributed by atoms with Crippen LogP contribution < -0.4 is 0 Å². The van der Waals surface area contributed by atoms with Gasteiger partial charge in [-0.1, -0.05) is 6.92 Å². The van der Waals surface area contributed by atoms with E-state index in [1.54, 1.807) is 6.92 Å². The maximum Gasteiger partial charge on any atom is 0.332 e. The minimum absolute atomic E-state index is 0.244. The molecule has 0 aromatic heterocycles. The molecule has 0 aliphatic rings. The van der Waals surface area contributed by atoms with Gasteiger partial charge in [0.25, 0.3) is 0 Å². The van der Waals surface area contributed by atoms with Crippen molar-refractivity contribution in [2.24, 2.45) is 0 Å². The largest absolute Gasteiger partial charge is 0.332 e. The molecule has 0 radical (unpaired) electrons. The van der Waals surface area contributed by atoms with Crippen molar-refractivity contribution in [3.8, 4) is 0 Å². The predicted octanol–water partition coefficient (Wildman–Crippen LogP) is 0.453. The average molecular weight is 186 g/mol. The van der Waals surface area contributed by atoms with Gasteiger partial charge in [-0.3, -0.25) is 19.4 Å². The second-order valence-electron chi connectivity index (χ2n) is 2.67. The Morgan fingerprint density at radius 1 is 1.08 bits per heavy atom. The third kappa shape index (κ3) is 2.85. The molecule has 0 bridgehead atoms. The molecular formula is C8H14N2O3. The number of rotatable bonds is 1. The van der Waals surface area contributed by atoms with E-state index in [1.165, 1.54) is 21.0 Å². The Morgan fingerprint density at radius 3 is 1.85 bits per heavy atom. The molecule has 0 unspecified atom stereocenters. The van der Waals surface area contributed by atoms with Crippen LogP contribution in [0.15, 0.2) is 0 Å². The van der Waals surface area contributed by atoms with Crippen LogP contribution in [0.5, 0.6) is 0 Å². The zero-order valence-corrected chi connectivity index (χ0v) is 8.33. The molecule has 0 spiro atoms. The molecule has 0 fully saturated rings. The summed E-state index contributed by atoms with van der Waals surface area (Å²) in [4.78, 5) is 34.9. The summed E-state index contributed by atoms with van der Waals surface area (Å²) in [6.07, 6.45) is 0.244. The van der Waals surface area contributed by atoms with Crippen LogP contribution in [-0.2, 0) is 9.59 Å². The maximum absolute atomic E-state index is 11.3. The Labute approximate surface area is 77.3 Å². The van der Waals surface area contributed by atoms with Gasteiger partial charge in [0.05, 0.1) is 0 Å². The van der Waals surface area contributed by atoms with Crippen LogP contribution in [0.25, 0.3) is 0 Å². The summed E-state index contributed by atoms with van der Waals surface area (Å²) >= 11 is 0. The van der Waals surface area contributed by atoms with Crippen molar-refractivity contribution in [3.63, 3.8) is 0 Å². The number of nitrogens with zero attached hydrogens (tertiary/aromatic N) is 2. The highest BCUT2D eigenvalue weighted by Gasteiger charge is 2.21. The minimum Gasteiger partial charge on any atom is -0.275 e. The Hall–Kier alpha value is -1.39. The first-order chi connectivity index (χ1) is 5.91. The zero-order chi connectivity index (χ0) is 10.6. The molecule has 0 aliphatic heterocycles. The zero-order valence-electron chi connectivity index (χ0n) is 8.33. The molecule has 4 amide bonds. The van der Waals surface area contributed by atoms with E-state index in [4.69, 9.17) is 0 Å². The molecule has 0 atom stereocenters. The van der Waals surface area contributed by atoms with Crippen molar-refractivity contribution >= 4 is 17.8 Å². The third-order valence-electron chi connectivity index (χ3n) is 1.72. The molecule has 0 heterocycles. The SMILES string of the molecule is CCC(=O)N(C)C(=O)N(C)C(C)=O. The summed E-state index contributed by atoms with van der Waals surface area (Å²) in [7, 11) is 2.69. The number of imide groups is 2. The summed E-state index contributed by atoms with van der Waals surface area (Å²) in [6.45, 7) is 2.92. The quantitative estimate of drug-likeness (QED) is 0.597. The number of carbonyl (C=O) groups is 3. The van der Waals surface area contributed by atoms with Crippen LogP contribution in [0.4, 0.5) is 4.79 Å². The van der Waals surface area contributed by atoms with E-state index < -0.39 is 6.03 Å². The standard InChI is InChI=1S/C8H14N2O3/c1-5-7(12)10(4)8(13)9(3)6(2)11/h5H2,1-4H3. The van der Waals surface area contributed by atoms with Gasteiger partial charge in [0.1, 0.15) is 0 Å². The van der Waals surface area contributed by atoms with E-state index in [0.29, 0.717) is 0 Å². The van der Waals surface area contributed by atoms with E-state index in [2.05, 4.69) is 0 Å². The van der Waals surface area contributed by atoms with Crippen molar-refractivity contribution in [1.82, 2.24) is 9.80 Å². The van der Waals surface area contributed by atoms with Crippen molar-refractivity contribution in [3.05, 3.63) is 0 Å². The molecule has 13 heavy (non-hydrogen) atoms. The summed E-state index contributed by atoms with van der Waals surface area (Å²) < 4.78 is 0. The molecule has 0 aromatic rings. The van der Waals surface area contributed by atoms with Gasteiger partial charge in [0.2, 0.25) is 11.8 Å². The normalized spacial score (nSPS) is 9.23. The minimum atomic E-state index is -0.598. The lowest BCUT2D eigenvalue weighted by molar-refractivity contribution is -0.129. The second kappa shape index (κ2) is 4.59. The molecule has 0 aliphatic carbocycles. The van der Waals surface area contributed by atoms with Crippen LogP contribution in [0.3, 0.4) is 0 Å². The summed E-state index contributed by atoms with van der Waals surface area (Å²) in [5.41, 5.74) is 0. The highest BCUT2D eigenvalue weighted by Crippen LogP contribution is 1.97. The Kier molecular flexibility index (Phi) is 4.10. The van der Waals surface area contributed by atoms with Gasteiger partial charge in [-0.05, 0) is 0 Å². The van der Waals surface area contributed by atoms with Gasteiger partial charge in [-0.2, -0.15) is 0 Å². The monoisotopic (exact) mass is 186 g/mol. The first-order valence-electron chi connectivity index (χ1n) is 3.96. The van der Waals surface area contributed by atoms with E-state index >= 15 is 0 Å². The van der Waals surface area contributed by atoms with Gasteiger partial charge in [-0.25, -0.2) is 4.79 Å². The molecule has 0 saturated carbocycles. The first-order valence-corrected chi connectivity index (χ1v) is 3.96. The van der Waals surface area contributed by atoms with E-state index in [1.807, 2.05) is 0 Å². The molecule has 5 nitrogen and oxygen atoms in total. The van der Waals surface area contributed by atoms with Gasteiger partial charge in [0, 0.05) is 27.4 Å². The van der Waals surface area contributed by atoms with Crippen molar-refractivity contribution in [2.75, 3.05) is 14.1 Å². The average Bonchev–Trinajstić information content (AvgIpc) is 2.12. The fourth-order valence-electron chi connectivity index (χ4n) is 0.704. The molecule has 5 heteroatoms. The van der Waals surface area contributed by atoms with Crippen molar-refractivity contribution in [2.45, 2.75) is 20.3 Å². The molecule has 74 valence electrons. The number of hydrogen-bond donors (Lipinski definition) is 0. The second-order valence-corrected chi connectivity index (χ2v) is 2.67. The lowest BCUT2D eigenvalue weighted by Gasteiger charge is -2.20. The maximum atomic E-state index is 11.3. The number of urea groups is 1. The first kappa shape index (κ1) is 11.6. The van der Waals surface area contributed by atoms with E-state index in [9.17, 15) is 14.4 Å². The number of hydrogen-bond acceptors (Lipinski definition) is 3. The number of amides is 4. The van der Waals surface area contributed by atoms with Crippen molar-refractivity contribution < 1.29 is 14.4 Å². The Morgan fingerprint density at radius 2 is 1.54 bits per heavy atom. The number of carbonyl (C=O) groups excluding carboxylic acids is 3. The fraction of sp³-hybridized carbons (Fsp3) is 0.625. The molecule has 0 saturated heterocycles. The van der Waals surface area contributed by atoms with Crippen LogP contribution in [0, 0.1) is 0 Å². The van der Waals surface area contributed by atoms with Crippen LogP contribution in [-0.4, -0.2) is 41.7 Å². The Bertz CT molecular complexity index is 238.